The summed E-state index contributed by atoms with van der Waals surface area (Å²) in [7, 11) is 0. The molecule has 2 aliphatic heterocycles. The molecule has 8 nitrogen and oxygen atoms in total. The Morgan fingerprint density at radius 3 is 2.81 bits per heavy atom. The molecule has 2 aliphatic rings. The largest absolute Gasteiger partial charge is 0.343 e. The van der Waals surface area contributed by atoms with Gasteiger partial charge >= 0.3 is 0 Å². The fraction of sp³-hybridized carbons (Fsp3) is 0.308. The molecule has 0 spiro atoms. The zero-order chi connectivity index (χ0) is 15.1. The molecule has 1 fully saturated rings. The summed E-state index contributed by atoms with van der Waals surface area (Å²) in [4.78, 5) is 39.4. The Bertz CT molecular complexity index is 697. The summed E-state index contributed by atoms with van der Waals surface area (Å²) in [5.41, 5.74) is 1.30. The van der Waals surface area contributed by atoms with Crippen LogP contribution in [-0.4, -0.2) is 33.5 Å². The molecule has 1 atom stereocenters. The van der Waals surface area contributed by atoms with E-state index in [2.05, 4.69) is 10.3 Å². The molecule has 8 heteroatoms. The van der Waals surface area contributed by atoms with Crippen LogP contribution in [0.2, 0.25) is 0 Å². The normalized spacial score (nSPS) is 20.9. The third kappa shape index (κ3) is 2.24. The van der Waals surface area contributed by atoms with Gasteiger partial charge in [-0.25, -0.2) is 4.99 Å². The highest BCUT2D eigenvalue weighted by atomic mass is 16.6. The number of rotatable bonds is 2. The zero-order valence-corrected chi connectivity index (χ0v) is 11.2. The van der Waals surface area contributed by atoms with Gasteiger partial charge in [0.2, 0.25) is 11.8 Å². The van der Waals surface area contributed by atoms with Gasteiger partial charge in [0, 0.05) is 18.7 Å². The number of carbonyl (C=O) groups is 2. The van der Waals surface area contributed by atoms with Crippen molar-refractivity contribution in [1.82, 2.24) is 10.2 Å². The van der Waals surface area contributed by atoms with Gasteiger partial charge in [0.1, 0.15) is 11.9 Å². The second-order valence-electron chi connectivity index (χ2n) is 4.99. The van der Waals surface area contributed by atoms with Gasteiger partial charge in [-0.05, 0) is 18.6 Å². The highest BCUT2D eigenvalue weighted by Crippen LogP contribution is 2.31. The Kier molecular flexibility index (Phi) is 2.93. The van der Waals surface area contributed by atoms with Gasteiger partial charge in [0.05, 0.1) is 17.0 Å². The van der Waals surface area contributed by atoms with Gasteiger partial charge < -0.3 is 4.90 Å². The molecule has 0 aromatic heterocycles. The van der Waals surface area contributed by atoms with E-state index in [1.165, 1.54) is 12.1 Å². The molecule has 1 unspecified atom stereocenters. The highest BCUT2D eigenvalue weighted by Gasteiger charge is 2.37. The molecule has 2 heterocycles. The third-order valence-electron chi connectivity index (χ3n) is 3.64. The molecule has 1 saturated heterocycles. The molecule has 0 radical (unpaired) electrons. The lowest BCUT2D eigenvalue weighted by molar-refractivity contribution is -0.384. The molecular formula is C13H12N4O4. The van der Waals surface area contributed by atoms with Crippen molar-refractivity contribution < 1.29 is 14.5 Å². The molecule has 108 valence electrons. The van der Waals surface area contributed by atoms with Crippen molar-refractivity contribution in [2.24, 2.45) is 4.99 Å². The number of benzene rings is 1. The number of imide groups is 1. The van der Waals surface area contributed by atoms with E-state index < -0.39 is 11.0 Å². The average molecular weight is 288 g/mol. The molecule has 2 amide bonds. The maximum atomic E-state index is 11.8. The van der Waals surface area contributed by atoms with Crippen molar-refractivity contribution in [2.45, 2.75) is 25.9 Å². The Hall–Kier alpha value is -2.77. The van der Waals surface area contributed by atoms with Crippen LogP contribution >= 0.6 is 0 Å². The topological polar surface area (TPSA) is 105 Å². The number of amidine groups is 1. The predicted molar refractivity (Wildman–Crippen MR) is 73.0 cm³/mol. The summed E-state index contributed by atoms with van der Waals surface area (Å²) in [5, 5.41) is 13.0. The number of carbonyl (C=O) groups excluding carboxylic acids is 2. The van der Waals surface area contributed by atoms with Crippen LogP contribution in [-0.2, 0) is 16.1 Å². The lowest BCUT2D eigenvalue weighted by Crippen LogP contribution is -2.44. The molecule has 0 aliphatic carbocycles. The van der Waals surface area contributed by atoms with Crippen molar-refractivity contribution >= 4 is 29.0 Å². The summed E-state index contributed by atoms with van der Waals surface area (Å²) in [6, 6.07) is 3.89. The number of amides is 2. The molecule has 0 bridgehead atoms. The number of non-ortho nitro benzene ring substituents is 1. The highest BCUT2D eigenvalue weighted by molar-refractivity contribution is 6.07. The first kappa shape index (κ1) is 13.2. The van der Waals surface area contributed by atoms with E-state index in [0.717, 1.165) is 5.56 Å². The predicted octanol–water partition coefficient (Wildman–Crippen LogP) is 0.875. The fourth-order valence-electron chi connectivity index (χ4n) is 2.57. The standard InChI is InChI=1S/C13H12N4O4/c1-7-14-10-4-9(17(20)21)3-2-8(10)6-16(7)11-5-12(18)15-13(11)19/h2-4,11H,5-6H2,1H3,(H,15,18,19). The smallest absolute Gasteiger partial charge is 0.271 e. The maximum Gasteiger partial charge on any atom is 0.271 e. The first-order valence-corrected chi connectivity index (χ1v) is 6.38. The van der Waals surface area contributed by atoms with E-state index in [-0.39, 0.29) is 23.9 Å². The van der Waals surface area contributed by atoms with Crippen LogP contribution in [0.25, 0.3) is 0 Å². The summed E-state index contributed by atoms with van der Waals surface area (Å²) in [6.07, 6.45) is 0.105. The first-order chi connectivity index (χ1) is 9.95. The van der Waals surface area contributed by atoms with Gasteiger partial charge in [-0.15, -0.1) is 0 Å². The van der Waals surface area contributed by atoms with Crippen molar-refractivity contribution in [3.63, 3.8) is 0 Å². The molecule has 21 heavy (non-hydrogen) atoms. The number of fused-ring (bicyclic) bond motifs is 1. The Balaban J connectivity index is 1.93. The Morgan fingerprint density at radius 1 is 1.43 bits per heavy atom. The van der Waals surface area contributed by atoms with Crippen molar-refractivity contribution in [2.75, 3.05) is 0 Å². The summed E-state index contributed by atoms with van der Waals surface area (Å²) in [6.45, 7) is 2.12. The summed E-state index contributed by atoms with van der Waals surface area (Å²) >= 11 is 0. The van der Waals surface area contributed by atoms with Gasteiger partial charge in [0.15, 0.2) is 0 Å². The molecule has 1 N–H and O–H groups in total. The number of nitro groups is 1. The number of hydrogen-bond acceptors (Lipinski definition) is 6. The minimum Gasteiger partial charge on any atom is -0.343 e. The van der Waals surface area contributed by atoms with Crippen LogP contribution in [0.1, 0.15) is 18.9 Å². The fourth-order valence-corrected chi connectivity index (χ4v) is 2.57. The molecule has 0 saturated carbocycles. The van der Waals surface area contributed by atoms with Gasteiger partial charge in [-0.2, -0.15) is 0 Å². The van der Waals surface area contributed by atoms with Gasteiger partial charge in [-0.3, -0.25) is 25.0 Å². The maximum absolute atomic E-state index is 11.8. The quantitative estimate of drug-likeness (QED) is 0.494. The van der Waals surface area contributed by atoms with Gasteiger partial charge in [-0.1, -0.05) is 0 Å². The minimum absolute atomic E-state index is 0.0208. The monoisotopic (exact) mass is 288 g/mol. The second kappa shape index (κ2) is 4.65. The Labute approximate surface area is 119 Å². The van der Waals surface area contributed by atoms with Crippen LogP contribution in [0, 0.1) is 10.1 Å². The van der Waals surface area contributed by atoms with Crippen LogP contribution in [0.4, 0.5) is 11.4 Å². The first-order valence-electron chi connectivity index (χ1n) is 6.38. The molecule has 3 rings (SSSR count). The van der Waals surface area contributed by atoms with Crippen LogP contribution in [0.15, 0.2) is 23.2 Å². The SMILES string of the molecule is CC1=Nc2cc([N+](=O)[O-])ccc2CN1C1CC(=O)NC1=O. The van der Waals surface area contributed by atoms with Crippen molar-refractivity contribution in [3.05, 3.63) is 33.9 Å². The van der Waals surface area contributed by atoms with Crippen LogP contribution in [0.3, 0.4) is 0 Å². The van der Waals surface area contributed by atoms with Crippen LogP contribution in [0.5, 0.6) is 0 Å². The summed E-state index contributed by atoms with van der Waals surface area (Å²) in [5.74, 6) is -0.0648. The number of aliphatic imine (C=N–C) groups is 1. The molecule has 1 aromatic rings. The van der Waals surface area contributed by atoms with E-state index in [0.29, 0.717) is 18.1 Å². The number of hydrogen-bond donors (Lipinski definition) is 1. The van der Waals surface area contributed by atoms with Gasteiger partial charge in [0.25, 0.3) is 5.69 Å². The second-order valence-corrected chi connectivity index (χ2v) is 4.99. The summed E-state index contributed by atoms with van der Waals surface area (Å²) < 4.78 is 0. The van der Waals surface area contributed by atoms with Crippen molar-refractivity contribution in [1.29, 1.82) is 0 Å². The molecule has 1 aromatic carbocycles. The van der Waals surface area contributed by atoms with E-state index in [1.54, 1.807) is 17.9 Å². The third-order valence-corrected chi connectivity index (χ3v) is 3.64. The van der Waals surface area contributed by atoms with E-state index in [1.807, 2.05) is 0 Å². The van der Waals surface area contributed by atoms with E-state index in [9.17, 15) is 19.7 Å². The van der Waals surface area contributed by atoms with Crippen molar-refractivity contribution in [3.8, 4) is 0 Å². The van der Waals surface area contributed by atoms with E-state index >= 15 is 0 Å². The Morgan fingerprint density at radius 2 is 2.19 bits per heavy atom. The van der Waals surface area contributed by atoms with E-state index in [4.69, 9.17) is 0 Å². The minimum atomic E-state index is -0.565. The number of nitrogens with one attached hydrogen (secondary N) is 1. The molecular weight excluding hydrogens is 276 g/mol. The number of nitrogens with zero attached hydrogens (tertiary/aromatic N) is 3. The van der Waals surface area contributed by atoms with Crippen LogP contribution < -0.4 is 5.32 Å². The lowest BCUT2D eigenvalue weighted by atomic mass is 10.1. The zero-order valence-electron chi connectivity index (χ0n) is 11.2. The average Bonchev–Trinajstić information content (AvgIpc) is 2.76. The lowest BCUT2D eigenvalue weighted by Gasteiger charge is -2.32. The number of nitro benzene ring substituents is 1.